The van der Waals surface area contributed by atoms with Gasteiger partial charge in [-0.05, 0) is 55.3 Å². The molecule has 0 unspecified atom stereocenters. The van der Waals surface area contributed by atoms with Gasteiger partial charge in [-0.1, -0.05) is 30.8 Å². The number of thioether (sulfide) groups is 1. The van der Waals surface area contributed by atoms with Crippen molar-refractivity contribution in [1.29, 1.82) is 0 Å². The van der Waals surface area contributed by atoms with Gasteiger partial charge in [-0.25, -0.2) is 4.39 Å². The molecule has 0 aliphatic heterocycles. The topological polar surface area (TPSA) is 68.0 Å². The highest BCUT2D eigenvalue weighted by Crippen LogP contribution is 2.27. The van der Waals surface area contributed by atoms with E-state index in [1.807, 2.05) is 24.3 Å². The van der Waals surface area contributed by atoms with Gasteiger partial charge in [0.1, 0.15) is 5.82 Å². The third-order valence-electron chi connectivity index (χ3n) is 3.77. The number of nitrogens with zero attached hydrogens (tertiary/aromatic N) is 2. The highest BCUT2D eigenvalue weighted by molar-refractivity contribution is 8.00. The van der Waals surface area contributed by atoms with E-state index in [2.05, 4.69) is 22.4 Å². The molecule has 0 saturated heterocycles. The van der Waals surface area contributed by atoms with E-state index < -0.39 is 5.25 Å². The molecule has 0 saturated carbocycles. The zero-order valence-corrected chi connectivity index (χ0v) is 15.2. The van der Waals surface area contributed by atoms with Crippen molar-refractivity contribution in [3.8, 4) is 11.5 Å². The Bertz CT molecular complexity index is 879. The maximum Gasteiger partial charge on any atom is 0.277 e. The minimum absolute atomic E-state index is 0.152. The van der Waals surface area contributed by atoms with Crippen molar-refractivity contribution in [2.24, 2.45) is 0 Å². The smallest absolute Gasteiger partial charge is 0.277 e. The molecule has 3 aromatic rings. The van der Waals surface area contributed by atoms with Gasteiger partial charge < -0.3 is 9.73 Å². The monoisotopic (exact) mass is 371 g/mol. The Hall–Kier alpha value is -2.67. The van der Waals surface area contributed by atoms with Gasteiger partial charge in [0.15, 0.2) is 0 Å². The fraction of sp³-hybridized carbons (Fsp3) is 0.211. The largest absolute Gasteiger partial charge is 0.411 e. The highest BCUT2D eigenvalue weighted by atomic mass is 32.2. The van der Waals surface area contributed by atoms with Crippen molar-refractivity contribution >= 4 is 23.4 Å². The molecule has 0 aliphatic rings. The standard InChI is InChI=1S/C19H18FN3O2S/c1-3-13-4-10-16(11-5-13)21-17(24)12(2)26-19-23-22-18(25-19)14-6-8-15(20)9-7-14/h4-12H,3H2,1-2H3,(H,21,24)/t12-/m0/s1. The predicted molar refractivity (Wildman–Crippen MR) is 99.5 cm³/mol. The summed E-state index contributed by atoms with van der Waals surface area (Å²) in [5.41, 5.74) is 2.58. The van der Waals surface area contributed by atoms with Crippen LogP contribution in [0.4, 0.5) is 10.1 Å². The minimum Gasteiger partial charge on any atom is -0.411 e. The molecule has 3 rings (SSSR count). The summed E-state index contributed by atoms with van der Waals surface area (Å²) in [6.07, 6.45) is 0.952. The second-order valence-corrected chi connectivity index (χ2v) is 6.97. The Labute approximate surface area is 155 Å². The van der Waals surface area contributed by atoms with Crippen LogP contribution in [0.25, 0.3) is 11.5 Å². The first kappa shape index (κ1) is 18.1. The summed E-state index contributed by atoms with van der Waals surface area (Å²) in [4.78, 5) is 12.3. The molecule has 2 aromatic carbocycles. The molecule has 1 heterocycles. The van der Waals surface area contributed by atoms with Crippen LogP contribution in [0.2, 0.25) is 0 Å². The van der Waals surface area contributed by atoms with Crippen molar-refractivity contribution in [3.05, 3.63) is 59.9 Å². The van der Waals surface area contributed by atoms with Crippen molar-refractivity contribution in [3.63, 3.8) is 0 Å². The Morgan fingerprint density at radius 2 is 1.85 bits per heavy atom. The average Bonchev–Trinajstić information content (AvgIpc) is 3.11. The molecule has 1 amide bonds. The molecule has 1 aromatic heterocycles. The number of nitrogens with one attached hydrogen (secondary N) is 1. The summed E-state index contributed by atoms with van der Waals surface area (Å²) in [5.74, 6) is -0.198. The number of aromatic nitrogens is 2. The van der Waals surface area contributed by atoms with E-state index in [0.29, 0.717) is 5.56 Å². The molecular weight excluding hydrogens is 353 g/mol. The van der Waals surface area contributed by atoms with Gasteiger partial charge in [0.2, 0.25) is 11.8 Å². The number of hydrogen-bond donors (Lipinski definition) is 1. The van der Waals surface area contributed by atoms with Gasteiger partial charge in [-0.15, -0.1) is 10.2 Å². The maximum atomic E-state index is 13.0. The molecule has 7 heteroatoms. The van der Waals surface area contributed by atoms with E-state index in [0.717, 1.165) is 12.1 Å². The van der Waals surface area contributed by atoms with Crippen LogP contribution in [0.3, 0.4) is 0 Å². The Morgan fingerprint density at radius 3 is 2.50 bits per heavy atom. The third-order valence-corrected chi connectivity index (χ3v) is 4.71. The second kappa shape index (κ2) is 8.14. The van der Waals surface area contributed by atoms with Crippen molar-refractivity contribution < 1.29 is 13.6 Å². The van der Waals surface area contributed by atoms with E-state index in [1.165, 1.54) is 29.5 Å². The highest BCUT2D eigenvalue weighted by Gasteiger charge is 2.19. The Kier molecular flexibility index (Phi) is 5.68. The minimum atomic E-state index is -0.414. The van der Waals surface area contributed by atoms with Crippen LogP contribution in [-0.4, -0.2) is 21.4 Å². The van der Waals surface area contributed by atoms with Crippen molar-refractivity contribution in [1.82, 2.24) is 10.2 Å². The Morgan fingerprint density at radius 1 is 1.15 bits per heavy atom. The van der Waals surface area contributed by atoms with Crippen molar-refractivity contribution in [2.75, 3.05) is 5.32 Å². The molecule has 134 valence electrons. The number of amides is 1. The van der Waals surface area contributed by atoms with Crippen molar-refractivity contribution in [2.45, 2.75) is 30.7 Å². The third kappa shape index (κ3) is 4.49. The summed E-state index contributed by atoms with van der Waals surface area (Å²) >= 11 is 1.17. The average molecular weight is 371 g/mol. The van der Waals surface area contributed by atoms with Gasteiger partial charge in [-0.2, -0.15) is 0 Å². The molecule has 1 N–H and O–H groups in total. The number of carbonyl (C=O) groups is 1. The number of hydrogen-bond acceptors (Lipinski definition) is 5. The van der Waals surface area contributed by atoms with Crippen LogP contribution in [0.15, 0.2) is 58.2 Å². The van der Waals surface area contributed by atoms with Crippen LogP contribution in [-0.2, 0) is 11.2 Å². The molecule has 0 fully saturated rings. The first-order chi connectivity index (χ1) is 12.5. The molecule has 0 radical (unpaired) electrons. The van der Waals surface area contributed by atoms with Gasteiger partial charge >= 0.3 is 0 Å². The van der Waals surface area contributed by atoms with Crippen LogP contribution in [0.1, 0.15) is 19.4 Å². The molecule has 5 nitrogen and oxygen atoms in total. The predicted octanol–water partition coefficient (Wildman–Crippen LogP) is 4.56. The number of benzene rings is 2. The van der Waals surface area contributed by atoms with Gasteiger partial charge in [0.05, 0.1) is 5.25 Å². The molecule has 1 atom stereocenters. The first-order valence-electron chi connectivity index (χ1n) is 8.21. The molecule has 0 bridgehead atoms. The van der Waals surface area contributed by atoms with Crippen LogP contribution in [0.5, 0.6) is 0 Å². The quantitative estimate of drug-likeness (QED) is 0.644. The second-order valence-electron chi connectivity index (χ2n) is 5.68. The number of halogens is 1. The van der Waals surface area contributed by atoms with Gasteiger partial charge in [0.25, 0.3) is 5.22 Å². The zero-order chi connectivity index (χ0) is 18.5. The molecule has 0 aliphatic carbocycles. The lowest BCUT2D eigenvalue weighted by Crippen LogP contribution is -2.22. The maximum absolute atomic E-state index is 13.0. The lowest BCUT2D eigenvalue weighted by Gasteiger charge is -2.10. The summed E-state index contributed by atoms with van der Waals surface area (Å²) in [7, 11) is 0. The Balaban J connectivity index is 1.61. The van der Waals surface area contributed by atoms with E-state index in [9.17, 15) is 9.18 Å². The van der Waals surface area contributed by atoms with Crippen LogP contribution in [0, 0.1) is 5.82 Å². The van der Waals surface area contributed by atoms with Crippen LogP contribution < -0.4 is 5.32 Å². The van der Waals surface area contributed by atoms with Crippen LogP contribution >= 0.6 is 11.8 Å². The van der Waals surface area contributed by atoms with E-state index in [1.54, 1.807) is 19.1 Å². The fourth-order valence-electron chi connectivity index (χ4n) is 2.24. The summed E-state index contributed by atoms with van der Waals surface area (Å²) < 4.78 is 18.5. The fourth-order valence-corrected chi connectivity index (χ4v) is 2.92. The van der Waals surface area contributed by atoms with E-state index >= 15 is 0 Å². The zero-order valence-electron chi connectivity index (χ0n) is 14.4. The number of aryl methyl sites for hydroxylation is 1. The van der Waals surface area contributed by atoms with Gasteiger partial charge in [-0.3, -0.25) is 4.79 Å². The van der Waals surface area contributed by atoms with E-state index in [-0.39, 0.29) is 22.8 Å². The summed E-state index contributed by atoms with van der Waals surface area (Å²) in [6.45, 7) is 3.85. The SMILES string of the molecule is CCc1ccc(NC(=O)[C@H](C)Sc2nnc(-c3ccc(F)cc3)o2)cc1. The lowest BCUT2D eigenvalue weighted by molar-refractivity contribution is -0.115. The van der Waals surface area contributed by atoms with Gasteiger partial charge in [0, 0.05) is 11.3 Å². The summed E-state index contributed by atoms with van der Waals surface area (Å²) in [6, 6.07) is 13.5. The first-order valence-corrected chi connectivity index (χ1v) is 9.09. The number of carbonyl (C=O) groups excluding carboxylic acids is 1. The summed E-state index contributed by atoms with van der Waals surface area (Å²) in [5, 5.41) is 10.6. The number of anilines is 1. The normalized spacial score (nSPS) is 12.0. The molecule has 26 heavy (non-hydrogen) atoms. The molecule has 0 spiro atoms. The lowest BCUT2D eigenvalue weighted by atomic mass is 10.1. The molecular formula is C19H18FN3O2S. The number of rotatable bonds is 6. The van der Waals surface area contributed by atoms with E-state index in [4.69, 9.17) is 4.42 Å².